The first-order valence-corrected chi connectivity index (χ1v) is 4.75. The van der Waals surface area contributed by atoms with Gasteiger partial charge in [0.25, 0.3) is 0 Å². The van der Waals surface area contributed by atoms with Crippen LogP contribution in [0.4, 0.5) is 11.6 Å². The number of nitrogen functional groups attached to an aromatic ring is 1. The van der Waals surface area contributed by atoms with Gasteiger partial charge in [0.15, 0.2) is 0 Å². The maximum Gasteiger partial charge on any atom is 0.242 e. The van der Waals surface area contributed by atoms with Gasteiger partial charge >= 0.3 is 0 Å². The van der Waals surface area contributed by atoms with E-state index in [-0.39, 0.29) is 0 Å². The molecule has 88 valence electrons. The van der Waals surface area contributed by atoms with E-state index in [9.17, 15) is 4.79 Å². The fourth-order valence-corrected chi connectivity index (χ4v) is 1.09. The van der Waals surface area contributed by atoms with Crippen molar-refractivity contribution in [3.63, 3.8) is 0 Å². The smallest absolute Gasteiger partial charge is 0.242 e. The van der Waals surface area contributed by atoms with Gasteiger partial charge in [0, 0.05) is 6.07 Å². The molecule has 0 aliphatic carbocycles. The molecule has 6 N–H and O–H groups in total. The van der Waals surface area contributed by atoms with Gasteiger partial charge in [0.2, 0.25) is 5.91 Å². The number of carbonyl (C=O) groups is 1. The number of nitrogens with one attached hydrogen (secondary N) is 2. The number of hydrazine groups is 1. The van der Waals surface area contributed by atoms with E-state index in [0.717, 1.165) is 0 Å². The summed E-state index contributed by atoms with van der Waals surface area (Å²) in [5.74, 6) is 6.28. The predicted molar refractivity (Wildman–Crippen MR) is 61.5 cm³/mol. The Labute approximate surface area is 93.6 Å². The molecule has 16 heavy (non-hydrogen) atoms. The summed E-state index contributed by atoms with van der Waals surface area (Å²) in [6.45, 7) is 5.06. The zero-order valence-electron chi connectivity index (χ0n) is 9.53. The summed E-state index contributed by atoms with van der Waals surface area (Å²) in [6.07, 6.45) is 0. The Balaban J connectivity index is 2.97. The molecule has 0 radical (unpaired) electrons. The summed E-state index contributed by atoms with van der Waals surface area (Å²) < 4.78 is 0. The van der Waals surface area contributed by atoms with Gasteiger partial charge < -0.3 is 16.5 Å². The molecule has 0 aliphatic rings. The molecule has 7 heteroatoms. The number of aryl methyl sites for hydroxylation is 1. The van der Waals surface area contributed by atoms with E-state index in [2.05, 4.69) is 20.7 Å². The molecule has 0 aromatic carbocycles. The number of aromatic nitrogens is 2. The number of hydrogen-bond acceptors (Lipinski definition) is 6. The highest BCUT2D eigenvalue weighted by Gasteiger charge is 2.25. The van der Waals surface area contributed by atoms with Gasteiger partial charge in [-0.1, -0.05) is 0 Å². The molecule has 7 nitrogen and oxygen atoms in total. The van der Waals surface area contributed by atoms with E-state index in [0.29, 0.717) is 17.5 Å². The Kier molecular flexibility index (Phi) is 3.28. The maximum atomic E-state index is 11.1. The van der Waals surface area contributed by atoms with Gasteiger partial charge in [-0.15, -0.1) is 0 Å². The normalized spacial score (nSPS) is 11.0. The monoisotopic (exact) mass is 224 g/mol. The molecule has 0 spiro atoms. The lowest BCUT2D eigenvalue weighted by Crippen LogP contribution is -2.45. The lowest BCUT2D eigenvalue weighted by atomic mass is 10.1. The number of primary amides is 1. The van der Waals surface area contributed by atoms with Crippen LogP contribution in [0.1, 0.15) is 19.7 Å². The van der Waals surface area contributed by atoms with Crippen LogP contribution in [-0.2, 0) is 4.79 Å². The lowest BCUT2D eigenvalue weighted by molar-refractivity contribution is -0.121. The molecule has 1 heterocycles. The van der Waals surface area contributed by atoms with E-state index in [4.69, 9.17) is 11.6 Å². The minimum atomic E-state index is -0.882. The second kappa shape index (κ2) is 4.31. The third-order valence-electron chi connectivity index (χ3n) is 2.04. The molecule has 0 unspecified atom stereocenters. The molecule has 1 amide bonds. The highest BCUT2D eigenvalue weighted by Crippen LogP contribution is 2.15. The number of nitrogens with zero attached hydrogens (tertiary/aromatic N) is 2. The zero-order valence-corrected chi connectivity index (χ0v) is 9.53. The summed E-state index contributed by atoms with van der Waals surface area (Å²) in [5.41, 5.74) is 6.78. The minimum absolute atomic E-state index is 0.467. The van der Waals surface area contributed by atoms with Crippen LogP contribution >= 0.6 is 0 Å². The summed E-state index contributed by atoms with van der Waals surface area (Å²) >= 11 is 0. The van der Waals surface area contributed by atoms with Gasteiger partial charge in [0.1, 0.15) is 23.0 Å². The van der Waals surface area contributed by atoms with Crippen LogP contribution in [-0.4, -0.2) is 21.4 Å². The molecule has 0 fully saturated rings. The highest BCUT2D eigenvalue weighted by atomic mass is 16.1. The molecule has 1 aromatic rings. The van der Waals surface area contributed by atoms with E-state index in [1.807, 2.05) is 0 Å². The Bertz CT molecular complexity index is 403. The van der Waals surface area contributed by atoms with Crippen LogP contribution in [0.2, 0.25) is 0 Å². The molecule has 1 rings (SSSR count). The van der Waals surface area contributed by atoms with Gasteiger partial charge in [-0.2, -0.15) is 0 Å². The lowest BCUT2D eigenvalue weighted by Gasteiger charge is -2.23. The maximum absolute atomic E-state index is 11.1. The number of rotatable bonds is 4. The molecule has 0 aliphatic heterocycles. The van der Waals surface area contributed by atoms with Crippen molar-refractivity contribution in [2.24, 2.45) is 11.6 Å². The van der Waals surface area contributed by atoms with Crippen molar-refractivity contribution in [1.82, 2.24) is 9.97 Å². The third-order valence-corrected chi connectivity index (χ3v) is 2.04. The zero-order chi connectivity index (χ0) is 12.3. The van der Waals surface area contributed by atoms with Crippen molar-refractivity contribution in [3.05, 3.63) is 11.9 Å². The average molecular weight is 224 g/mol. The Morgan fingerprint density at radius 3 is 2.44 bits per heavy atom. The second-order valence-corrected chi connectivity index (χ2v) is 3.94. The average Bonchev–Trinajstić information content (AvgIpc) is 2.15. The Morgan fingerprint density at radius 2 is 1.94 bits per heavy atom. The number of nitrogens with two attached hydrogens (primary N) is 2. The molecule has 0 saturated heterocycles. The van der Waals surface area contributed by atoms with Gasteiger partial charge in [0.05, 0.1) is 0 Å². The van der Waals surface area contributed by atoms with E-state index < -0.39 is 11.4 Å². The Hall–Kier alpha value is -1.89. The first kappa shape index (κ1) is 12.2. The second-order valence-electron chi connectivity index (χ2n) is 3.94. The largest absolute Gasteiger partial charge is 0.368 e. The summed E-state index contributed by atoms with van der Waals surface area (Å²) in [4.78, 5) is 19.3. The van der Waals surface area contributed by atoms with Crippen molar-refractivity contribution < 1.29 is 4.79 Å². The molecule has 0 saturated carbocycles. The summed E-state index contributed by atoms with van der Waals surface area (Å²) in [5, 5.41) is 2.91. The number of hydrogen-bond donors (Lipinski definition) is 4. The van der Waals surface area contributed by atoms with Gasteiger partial charge in [-0.05, 0) is 20.8 Å². The first-order valence-electron chi connectivity index (χ1n) is 4.75. The van der Waals surface area contributed by atoms with Crippen molar-refractivity contribution in [2.45, 2.75) is 26.3 Å². The Morgan fingerprint density at radius 1 is 1.38 bits per heavy atom. The van der Waals surface area contributed by atoms with E-state index in [1.54, 1.807) is 26.8 Å². The molecular weight excluding hydrogens is 208 g/mol. The fraction of sp³-hybridized carbons (Fsp3) is 0.444. The van der Waals surface area contributed by atoms with Crippen molar-refractivity contribution >= 4 is 17.5 Å². The topological polar surface area (TPSA) is 119 Å². The van der Waals surface area contributed by atoms with Crippen LogP contribution in [0.3, 0.4) is 0 Å². The number of carbonyl (C=O) groups excluding carboxylic acids is 1. The van der Waals surface area contributed by atoms with Crippen LogP contribution in [0.15, 0.2) is 6.07 Å². The standard InChI is InChI=1S/C9H16N6O/c1-5-12-6(4-7(13-5)15-11)14-9(2,3)8(10)16/h4H,11H2,1-3H3,(H2,10,16)(H2,12,13,14,15). The molecular formula is C9H16N6O. The van der Waals surface area contributed by atoms with Crippen LogP contribution in [0.25, 0.3) is 0 Å². The summed E-state index contributed by atoms with van der Waals surface area (Å²) in [6, 6.07) is 1.59. The molecule has 0 bridgehead atoms. The van der Waals surface area contributed by atoms with E-state index >= 15 is 0 Å². The van der Waals surface area contributed by atoms with Crippen molar-refractivity contribution in [2.75, 3.05) is 10.7 Å². The molecule has 0 atom stereocenters. The van der Waals surface area contributed by atoms with Gasteiger partial charge in [-0.3, -0.25) is 4.79 Å². The third kappa shape index (κ3) is 2.80. The van der Waals surface area contributed by atoms with Crippen LogP contribution in [0.5, 0.6) is 0 Å². The van der Waals surface area contributed by atoms with Crippen LogP contribution in [0, 0.1) is 6.92 Å². The van der Waals surface area contributed by atoms with E-state index in [1.165, 1.54) is 0 Å². The van der Waals surface area contributed by atoms with Crippen molar-refractivity contribution in [1.29, 1.82) is 0 Å². The minimum Gasteiger partial charge on any atom is -0.368 e. The van der Waals surface area contributed by atoms with Crippen LogP contribution < -0.4 is 22.3 Å². The highest BCUT2D eigenvalue weighted by molar-refractivity contribution is 5.86. The van der Waals surface area contributed by atoms with Crippen molar-refractivity contribution in [3.8, 4) is 0 Å². The number of amides is 1. The molecule has 1 aromatic heterocycles. The predicted octanol–water partition coefficient (Wildman–Crippen LogP) is -0.254. The summed E-state index contributed by atoms with van der Waals surface area (Å²) in [7, 11) is 0. The SMILES string of the molecule is Cc1nc(NN)cc(NC(C)(C)C(N)=O)n1. The van der Waals surface area contributed by atoms with Gasteiger partial charge in [-0.25, -0.2) is 15.8 Å². The quantitative estimate of drug-likeness (QED) is 0.413. The fourth-order valence-electron chi connectivity index (χ4n) is 1.09. The number of anilines is 2. The first-order chi connectivity index (χ1) is 7.35.